The first-order valence-electron chi connectivity index (χ1n) is 10.6. The van der Waals surface area contributed by atoms with Gasteiger partial charge in [-0.05, 0) is 57.6 Å². The maximum Gasteiger partial charge on any atom is 0.255 e. The molecule has 162 valence electrons. The van der Waals surface area contributed by atoms with Crippen molar-refractivity contribution in [1.82, 2.24) is 19.6 Å². The Kier molecular flexibility index (Phi) is 6.46. The number of rotatable bonds is 6. The second-order valence-electron chi connectivity index (χ2n) is 8.40. The number of methoxy groups -OCH3 is 1. The number of halogens is 1. The van der Waals surface area contributed by atoms with E-state index in [1.165, 1.54) is 31.0 Å². The summed E-state index contributed by atoms with van der Waals surface area (Å²) < 4.78 is 20.8. The van der Waals surface area contributed by atoms with Gasteiger partial charge in [0.1, 0.15) is 5.82 Å². The summed E-state index contributed by atoms with van der Waals surface area (Å²) in [7, 11) is 3.94. The van der Waals surface area contributed by atoms with Crippen LogP contribution in [0.1, 0.15) is 35.7 Å². The molecule has 3 heterocycles. The molecule has 1 amide bonds. The molecule has 1 aromatic carbocycles. The Hall–Kier alpha value is -2.29. The fraction of sp³-hybridized carbons (Fsp3) is 0.545. The highest BCUT2D eigenvalue weighted by Crippen LogP contribution is 2.32. The molecule has 4 rings (SSSR count). The molecule has 30 heavy (non-hydrogen) atoms. The Morgan fingerprint density at radius 1 is 1.30 bits per heavy atom. The number of amides is 1. The lowest BCUT2D eigenvalue weighted by atomic mass is 10.0. The minimum Gasteiger partial charge on any atom is -0.383 e. The zero-order valence-electron chi connectivity index (χ0n) is 17.6. The van der Waals surface area contributed by atoms with Crippen LogP contribution >= 0.6 is 0 Å². The van der Waals surface area contributed by atoms with Gasteiger partial charge in [0.15, 0.2) is 0 Å². The number of benzene rings is 1. The number of aromatic nitrogens is 2. The van der Waals surface area contributed by atoms with Crippen LogP contribution in [0.15, 0.2) is 36.7 Å². The largest absolute Gasteiger partial charge is 0.383 e. The van der Waals surface area contributed by atoms with E-state index in [9.17, 15) is 9.18 Å². The molecule has 7 nitrogen and oxygen atoms in total. The molecule has 1 N–H and O–H groups in total. The Morgan fingerprint density at radius 3 is 2.83 bits per heavy atom. The van der Waals surface area contributed by atoms with Crippen LogP contribution in [0.4, 0.5) is 10.1 Å². The monoisotopic (exact) mass is 415 g/mol. The van der Waals surface area contributed by atoms with Crippen LogP contribution in [-0.2, 0) is 4.74 Å². The highest BCUT2D eigenvalue weighted by atomic mass is 19.1. The first kappa shape index (κ1) is 21.0. The SMILES string of the molecule is COC[C@@H]1C[C@H](n2cc(NC(=O)c3cccc(F)c3)cn2)CN1C1CCN(C)CC1. The van der Waals surface area contributed by atoms with Crippen LogP contribution in [-0.4, -0.2) is 78.0 Å². The molecule has 0 aliphatic carbocycles. The summed E-state index contributed by atoms with van der Waals surface area (Å²) in [5.74, 6) is -0.770. The second kappa shape index (κ2) is 9.24. The minimum absolute atomic E-state index is 0.240. The van der Waals surface area contributed by atoms with Gasteiger partial charge in [0.05, 0.1) is 24.5 Å². The van der Waals surface area contributed by atoms with Crippen LogP contribution in [0.5, 0.6) is 0 Å². The van der Waals surface area contributed by atoms with E-state index in [0.717, 1.165) is 26.1 Å². The summed E-state index contributed by atoms with van der Waals surface area (Å²) in [4.78, 5) is 17.4. The van der Waals surface area contributed by atoms with Crippen molar-refractivity contribution in [3.05, 3.63) is 48.0 Å². The molecule has 0 unspecified atom stereocenters. The van der Waals surface area contributed by atoms with Crippen molar-refractivity contribution in [2.75, 3.05) is 45.7 Å². The minimum atomic E-state index is -0.428. The fourth-order valence-corrected chi connectivity index (χ4v) is 4.67. The number of piperidine rings is 1. The number of anilines is 1. The third-order valence-corrected chi connectivity index (χ3v) is 6.27. The smallest absolute Gasteiger partial charge is 0.255 e. The summed E-state index contributed by atoms with van der Waals surface area (Å²) in [5.41, 5.74) is 0.905. The van der Waals surface area contributed by atoms with Gasteiger partial charge in [0.25, 0.3) is 5.91 Å². The average molecular weight is 416 g/mol. The van der Waals surface area contributed by atoms with Crippen LogP contribution in [0.3, 0.4) is 0 Å². The summed E-state index contributed by atoms with van der Waals surface area (Å²) in [5, 5.41) is 7.31. The number of likely N-dealkylation sites (tertiary alicyclic amines) is 2. The lowest BCUT2D eigenvalue weighted by Crippen LogP contribution is -2.47. The molecule has 2 fully saturated rings. The quantitative estimate of drug-likeness (QED) is 0.786. The second-order valence-corrected chi connectivity index (χ2v) is 8.40. The molecule has 1 aromatic heterocycles. The van der Waals surface area contributed by atoms with E-state index in [-0.39, 0.29) is 17.5 Å². The Bertz CT molecular complexity index is 865. The average Bonchev–Trinajstić information content (AvgIpc) is 3.36. The van der Waals surface area contributed by atoms with Crippen LogP contribution in [0, 0.1) is 5.82 Å². The van der Waals surface area contributed by atoms with Crippen molar-refractivity contribution in [1.29, 1.82) is 0 Å². The van der Waals surface area contributed by atoms with Crippen LogP contribution in [0.25, 0.3) is 0 Å². The lowest BCUT2D eigenvalue weighted by Gasteiger charge is -2.38. The Labute approximate surface area is 176 Å². The van der Waals surface area contributed by atoms with Gasteiger partial charge < -0.3 is 15.0 Å². The van der Waals surface area contributed by atoms with Gasteiger partial charge in [-0.15, -0.1) is 0 Å². The third-order valence-electron chi connectivity index (χ3n) is 6.27. The molecule has 2 atom stereocenters. The topological polar surface area (TPSA) is 62.6 Å². The molecule has 8 heteroatoms. The van der Waals surface area contributed by atoms with E-state index in [1.807, 2.05) is 10.9 Å². The van der Waals surface area contributed by atoms with Crippen molar-refractivity contribution in [3.8, 4) is 0 Å². The molecular weight excluding hydrogens is 385 g/mol. The molecule has 2 aliphatic heterocycles. The van der Waals surface area contributed by atoms with Gasteiger partial charge in [0, 0.05) is 37.5 Å². The summed E-state index contributed by atoms with van der Waals surface area (Å²) in [6.07, 6.45) is 6.85. The van der Waals surface area contributed by atoms with Gasteiger partial charge in [0.2, 0.25) is 0 Å². The van der Waals surface area contributed by atoms with Crippen molar-refractivity contribution in [3.63, 3.8) is 0 Å². The number of hydrogen-bond donors (Lipinski definition) is 1. The number of nitrogens with one attached hydrogen (secondary N) is 1. The van der Waals surface area contributed by atoms with Gasteiger partial charge in [-0.2, -0.15) is 5.10 Å². The maximum atomic E-state index is 13.4. The van der Waals surface area contributed by atoms with E-state index in [4.69, 9.17) is 4.74 Å². The molecule has 2 aliphatic rings. The number of carbonyl (C=O) groups is 1. The molecule has 0 spiro atoms. The highest BCUT2D eigenvalue weighted by Gasteiger charge is 2.38. The number of ether oxygens (including phenoxy) is 1. The van der Waals surface area contributed by atoms with E-state index in [1.54, 1.807) is 19.4 Å². The van der Waals surface area contributed by atoms with E-state index in [2.05, 4.69) is 27.3 Å². The summed E-state index contributed by atoms with van der Waals surface area (Å²) >= 11 is 0. The number of nitrogens with zero attached hydrogens (tertiary/aromatic N) is 4. The first-order chi connectivity index (χ1) is 14.5. The number of hydrogen-bond acceptors (Lipinski definition) is 5. The molecule has 0 saturated carbocycles. The van der Waals surface area contributed by atoms with Crippen molar-refractivity contribution in [2.24, 2.45) is 0 Å². The molecular formula is C22H30FN5O2. The summed E-state index contributed by atoms with van der Waals surface area (Å²) in [6, 6.07) is 6.86. The fourth-order valence-electron chi connectivity index (χ4n) is 4.67. The van der Waals surface area contributed by atoms with Gasteiger partial charge in [-0.25, -0.2) is 4.39 Å². The van der Waals surface area contributed by atoms with Gasteiger partial charge in [-0.1, -0.05) is 6.07 Å². The predicted octanol–water partition coefficient (Wildman–Crippen LogP) is 2.63. The molecule has 0 bridgehead atoms. The highest BCUT2D eigenvalue weighted by molar-refractivity contribution is 6.04. The molecule has 0 radical (unpaired) electrons. The Morgan fingerprint density at radius 2 is 2.10 bits per heavy atom. The standard InChI is InChI=1S/C22H30FN5O2/c1-26-8-6-19(7-9-26)27-14-20(11-21(27)15-30-2)28-13-18(12-24-28)25-22(29)16-4-3-5-17(23)10-16/h3-5,10,12-13,19-21H,6-9,11,14-15H2,1-2H3,(H,25,29)/t20-,21-/m0/s1. The zero-order chi connectivity index (χ0) is 21.1. The Balaban J connectivity index is 1.41. The van der Waals surface area contributed by atoms with E-state index < -0.39 is 5.82 Å². The van der Waals surface area contributed by atoms with Crippen LogP contribution < -0.4 is 5.32 Å². The number of carbonyl (C=O) groups excluding carboxylic acids is 1. The van der Waals surface area contributed by atoms with E-state index >= 15 is 0 Å². The van der Waals surface area contributed by atoms with Crippen molar-refractivity contribution >= 4 is 11.6 Å². The van der Waals surface area contributed by atoms with Gasteiger partial charge >= 0.3 is 0 Å². The third kappa shape index (κ3) is 4.71. The predicted molar refractivity (Wildman–Crippen MR) is 113 cm³/mol. The van der Waals surface area contributed by atoms with E-state index in [0.29, 0.717) is 24.4 Å². The molecule has 2 aromatic rings. The maximum absolute atomic E-state index is 13.4. The first-order valence-corrected chi connectivity index (χ1v) is 10.6. The molecule has 2 saturated heterocycles. The zero-order valence-corrected chi connectivity index (χ0v) is 17.6. The normalized spacial score (nSPS) is 23.7. The van der Waals surface area contributed by atoms with Gasteiger partial charge in [-0.3, -0.25) is 14.4 Å². The van der Waals surface area contributed by atoms with Crippen molar-refractivity contribution < 1.29 is 13.9 Å². The lowest BCUT2D eigenvalue weighted by molar-refractivity contribution is 0.0622. The van der Waals surface area contributed by atoms with Crippen molar-refractivity contribution in [2.45, 2.75) is 37.4 Å². The summed E-state index contributed by atoms with van der Waals surface area (Å²) in [6.45, 7) is 3.90. The van der Waals surface area contributed by atoms with Crippen LogP contribution in [0.2, 0.25) is 0 Å².